The highest BCUT2D eigenvalue weighted by Crippen LogP contribution is 2.46. The van der Waals surface area contributed by atoms with Crippen molar-refractivity contribution in [2.24, 2.45) is 0 Å². The molecule has 5 rings (SSSR count). The van der Waals surface area contributed by atoms with Crippen LogP contribution in [0.2, 0.25) is 0 Å². The molecule has 2 aromatic rings. The molecule has 162 valence electrons. The molecule has 3 aliphatic rings. The molecule has 7 nitrogen and oxygen atoms in total. The number of fused-ring (bicyclic) bond motifs is 2. The van der Waals surface area contributed by atoms with Crippen molar-refractivity contribution >= 4 is 17.4 Å². The fourth-order valence-corrected chi connectivity index (χ4v) is 5.22. The number of nitriles is 1. The van der Waals surface area contributed by atoms with Gasteiger partial charge in [-0.3, -0.25) is 4.79 Å². The van der Waals surface area contributed by atoms with Gasteiger partial charge in [0.05, 0.1) is 12.1 Å². The standard InChI is InChI=1S/C25H26N6O/c1-27-20-4-2-3-19(13-20)25(10-11-25)29-12-9-24(32)30-16-21-6-7-22(17-30)31(21)23-8-5-18(14-26)15-28-23/h2-5,8,13,15,21-22,29H,6-7,9-12,16-17H2. The van der Waals surface area contributed by atoms with Gasteiger partial charge in [-0.1, -0.05) is 24.3 Å². The third kappa shape index (κ3) is 3.81. The Labute approximate surface area is 188 Å². The van der Waals surface area contributed by atoms with Crippen LogP contribution < -0.4 is 10.2 Å². The molecule has 3 heterocycles. The van der Waals surface area contributed by atoms with E-state index < -0.39 is 0 Å². The van der Waals surface area contributed by atoms with E-state index in [-0.39, 0.29) is 23.5 Å². The Morgan fingerprint density at radius 1 is 1.25 bits per heavy atom. The summed E-state index contributed by atoms with van der Waals surface area (Å²) in [6, 6.07) is 14.2. The number of nitrogens with one attached hydrogen (secondary N) is 1. The Morgan fingerprint density at radius 2 is 2.03 bits per heavy atom. The number of hydrogen-bond acceptors (Lipinski definition) is 5. The van der Waals surface area contributed by atoms with Crippen molar-refractivity contribution in [3.63, 3.8) is 0 Å². The van der Waals surface area contributed by atoms with E-state index >= 15 is 0 Å². The lowest BCUT2D eigenvalue weighted by Crippen LogP contribution is -2.56. The Hall–Kier alpha value is -3.42. The molecule has 1 aromatic heterocycles. The molecule has 1 saturated carbocycles. The van der Waals surface area contributed by atoms with Gasteiger partial charge in [-0.25, -0.2) is 9.83 Å². The fraction of sp³-hybridized carbons (Fsp3) is 0.440. The molecule has 2 unspecified atom stereocenters. The van der Waals surface area contributed by atoms with E-state index in [1.165, 1.54) is 0 Å². The molecular formula is C25H26N6O. The van der Waals surface area contributed by atoms with Crippen molar-refractivity contribution in [3.05, 3.63) is 65.1 Å². The zero-order valence-corrected chi connectivity index (χ0v) is 18.0. The highest BCUT2D eigenvalue weighted by Gasteiger charge is 2.44. The number of piperazine rings is 1. The zero-order valence-electron chi connectivity index (χ0n) is 18.0. The number of benzene rings is 1. The molecule has 2 saturated heterocycles. The summed E-state index contributed by atoms with van der Waals surface area (Å²) in [5, 5.41) is 12.6. The number of rotatable bonds is 6. The maximum atomic E-state index is 13.0. The van der Waals surface area contributed by atoms with E-state index in [9.17, 15) is 4.79 Å². The minimum atomic E-state index is -0.0695. The monoisotopic (exact) mass is 426 g/mol. The first kappa shape index (κ1) is 20.5. The lowest BCUT2D eigenvalue weighted by atomic mass is 10.0. The molecule has 3 fully saturated rings. The van der Waals surface area contributed by atoms with E-state index in [0.29, 0.717) is 24.2 Å². The summed E-state index contributed by atoms with van der Waals surface area (Å²) in [7, 11) is 0. The average Bonchev–Trinajstić information content (AvgIpc) is 3.58. The highest BCUT2D eigenvalue weighted by molar-refractivity contribution is 5.77. The summed E-state index contributed by atoms with van der Waals surface area (Å²) in [5.41, 5.74) is 2.31. The van der Waals surface area contributed by atoms with Crippen LogP contribution in [0.1, 0.15) is 43.2 Å². The van der Waals surface area contributed by atoms with Crippen LogP contribution in [0.5, 0.6) is 0 Å². The number of anilines is 1. The van der Waals surface area contributed by atoms with Gasteiger partial charge in [0.25, 0.3) is 0 Å². The molecule has 0 spiro atoms. The van der Waals surface area contributed by atoms with Gasteiger partial charge in [0.2, 0.25) is 5.91 Å². The summed E-state index contributed by atoms with van der Waals surface area (Å²) in [6.07, 6.45) is 6.33. The first-order valence-electron chi connectivity index (χ1n) is 11.3. The highest BCUT2D eigenvalue weighted by atomic mass is 16.2. The van der Waals surface area contributed by atoms with Crippen LogP contribution in [-0.2, 0) is 10.3 Å². The van der Waals surface area contributed by atoms with Crippen LogP contribution in [0.15, 0.2) is 42.6 Å². The molecule has 1 aromatic carbocycles. The van der Waals surface area contributed by atoms with Crippen LogP contribution >= 0.6 is 0 Å². The van der Waals surface area contributed by atoms with E-state index in [0.717, 1.165) is 50.2 Å². The topological polar surface area (TPSA) is 76.6 Å². The second-order valence-electron chi connectivity index (χ2n) is 9.03. The molecule has 2 atom stereocenters. The second kappa shape index (κ2) is 8.26. The summed E-state index contributed by atoms with van der Waals surface area (Å²) in [6.45, 7) is 9.34. The Bertz CT molecular complexity index is 1080. The molecule has 2 aliphatic heterocycles. The van der Waals surface area contributed by atoms with Gasteiger partial charge in [0, 0.05) is 49.9 Å². The molecule has 1 aliphatic carbocycles. The minimum Gasteiger partial charge on any atom is -0.347 e. The van der Waals surface area contributed by atoms with E-state index in [2.05, 4.69) is 32.2 Å². The number of nitrogens with zero attached hydrogens (tertiary/aromatic N) is 5. The molecule has 1 N–H and O–H groups in total. The number of hydrogen-bond donors (Lipinski definition) is 1. The Kier molecular flexibility index (Phi) is 5.28. The van der Waals surface area contributed by atoms with Crippen molar-refractivity contribution in [3.8, 4) is 6.07 Å². The van der Waals surface area contributed by atoms with Crippen LogP contribution in [0.4, 0.5) is 11.5 Å². The average molecular weight is 427 g/mol. The summed E-state index contributed by atoms with van der Waals surface area (Å²) in [4.78, 5) is 25.3. The zero-order chi connectivity index (χ0) is 22.1. The van der Waals surface area contributed by atoms with Gasteiger partial charge in [0.1, 0.15) is 11.9 Å². The number of carbonyl (C=O) groups excluding carboxylic acids is 1. The molecule has 0 radical (unpaired) electrons. The van der Waals surface area contributed by atoms with Gasteiger partial charge in [0.15, 0.2) is 5.69 Å². The van der Waals surface area contributed by atoms with Crippen LogP contribution in [-0.4, -0.2) is 47.5 Å². The van der Waals surface area contributed by atoms with Gasteiger partial charge in [-0.05, 0) is 43.4 Å². The first-order valence-corrected chi connectivity index (χ1v) is 11.3. The minimum absolute atomic E-state index is 0.0695. The number of aromatic nitrogens is 1. The molecule has 7 heteroatoms. The predicted molar refractivity (Wildman–Crippen MR) is 121 cm³/mol. The van der Waals surface area contributed by atoms with E-state index in [1.54, 1.807) is 6.20 Å². The normalized spacial score (nSPS) is 22.8. The van der Waals surface area contributed by atoms with Crippen LogP contribution in [0, 0.1) is 17.9 Å². The third-order valence-electron chi connectivity index (χ3n) is 7.06. The molecular weight excluding hydrogens is 400 g/mol. The van der Waals surface area contributed by atoms with Crippen molar-refractivity contribution in [2.75, 3.05) is 24.5 Å². The van der Waals surface area contributed by atoms with E-state index in [4.69, 9.17) is 11.8 Å². The molecule has 1 amide bonds. The number of likely N-dealkylation sites (tertiary alicyclic amines) is 1. The number of pyridine rings is 1. The van der Waals surface area contributed by atoms with Crippen molar-refractivity contribution in [1.82, 2.24) is 15.2 Å². The predicted octanol–water partition coefficient (Wildman–Crippen LogP) is 3.35. The summed E-state index contributed by atoms with van der Waals surface area (Å²) in [5.74, 6) is 1.11. The SMILES string of the molecule is [C-]#[N+]c1cccc(C2(NCCC(=O)N3CC4CCC(C3)N4c3ccc(C#N)cn3)CC2)c1. The summed E-state index contributed by atoms with van der Waals surface area (Å²) >= 11 is 0. The quantitative estimate of drug-likeness (QED) is 0.717. The largest absolute Gasteiger partial charge is 0.347 e. The van der Waals surface area contributed by atoms with Gasteiger partial charge >= 0.3 is 0 Å². The van der Waals surface area contributed by atoms with Gasteiger partial charge < -0.3 is 15.1 Å². The fourth-order valence-electron chi connectivity index (χ4n) is 5.22. The third-order valence-corrected chi connectivity index (χ3v) is 7.06. The lowest BCUT2D eigenvalue weighted by Gasteiger charge is -2.42. The first-order chi connectivity index (χ1) is 15.6. The van der Waals surface area contributed by atoms with Crippen molar-refractivity contribution in [1.29, 1.82) is 5.26 Å². The van der Waals surface area contributed by atoms with Gasteiger partial charge in [-0.15, -0.1) is 0 Å². The van der Waals surface area contributed by atoms with Crippen molar-refractivity contribution < 1.29 is 4.79 Å². The van der Waals surface area contributed by atoms with Crippen LogP contribution in [0.3, 0.4) is 0 Å². The van der Waals surface area contributed by atoms with Crippen molar-refractivity contribution in [2.45, 2.75) is 49.7 Å². The number of amides is 1. The maximum absolute atomic E-state index is 13.0. The second-order valence-corrected chi connectivity index (χ2v) is 9.03. The smallest absolute Gasteiger partial charge is 0.223 e. The molecule has 32 heavy (non-hydrogen) atoms. The van der Waals surface area contributed by atoms with Gasteiger partial charge in [-0.2, -0.15) is 5.26 Å². The lowest BCUT2D eigenvalue weighted by molar-refractivity contribution is -0.132. The Balaban J connectivity index is 1.16. The molecule has 2 bridgehead atoms. The number of carbonyl (C=O) groups is 1. The maximum Gasteiger partial charge on any atom is 0.223 e. The van der Waals surface area contributed by atoms with E-state index in [1.807, 2.05) is 35.2 Å². The van der Waals surface area contributed by atoms with Crippen LogP contribution in [0.25, 0.3) is 4.85 Å². The Morgan fingerprint density at radius 3 is 2.66 bits per heavy atom. The summed E-state index contributed by atoms with van der Waals surface area (Å²) < 4.78 is 0.